The van der Waals surface area contributed by atoms with Gasteiger partial charge in [0, 0.05) is 19.2 Å². The lowest BCUT2D eigenvalue weighted by molar-refractivity contribution is 0.198. The molecular formula is C12H13N3O. The molecule has 16 heavy (non-hydrogen) atoms. The molecule has 0 amide bonds. The van der Waals surface area contributed by atoms with Gasteiger partial charge in [0.05, 0.1) is 24.3 Å². The van der Waals surface area contributed by atoms with Crippen molar-refractivity contribution < 1.29 is 4.74 Å². The average molecular weight is 215 g/mol. The number of nitrogens with zero attached hydrogens (tertiary/aromatic N) is 2. The summed E-state index contributed by atoms with van der Waals surface area (Å²) in [6, 6.07) is 10.8. The minimum atomic E-state index is -0.467. The molecule has 1 aromatic carbocycles. The summed E-state index contributed by atoms with van der Waals surface area (Å²) in [5, 5.41) is 21.0. The Bertz CT molecular complexity index is 417. The van der Waals surface area contributed by atoms with Crippen molar-refractivity contribution in [3.05, 3.63) is 35.4 Å². The monoisotopic (exact) mass is 215 g/mol. The first kappa shape index (κ1) is 12.2. The van der Waals surface area contributed by atoms with Gasteiger partial charge in [0.2, 0.25) is 0 Å². The van der Waals surface area contributed by atoms with Gasteiger partial charge >= 0.3 is 0 Å². The van der Waals surface area contributed by atoms with Gasteiger partial charge in [-0.15, -0.1) is 0 Å². The summed E-state index contributed by atoms with van der Waals surface area (Å²) in [7, 11) is 1.60. The second-order valence-corrected chi connectivity index (χ2v) is 3.21. The summed E-state index contributed by atoms with van der Waals surface area (Å²) in [5.74, 6) is 0. The van der Waals surface area contributed by atoms with E-state index in [0.29, 0.717) is 24.3 Å². The molecule has 0 saturated heterocycles. The van der Waals surface area contributed by atoms with Crippen LogP contribution in [0.3, 0.4) is 0 Å². The summed E-state index contributed by atoms with van der Waals surface area (Å²) in [5.41, 5.74) is 1.24. The van der Waals surface area contributed by atoms with Crippen molar-refractivity contribution in [3.8, 4) is 12.1 Å². The molecule has 0 bridgehead atoms. The molecule has 0 aliphatic rings. The van der Waals surface area contributed by atoms with E-state index in [1.165, 1.54) is 0 Å². The van der Waals surface area contributed by atoms with Gasteiger partial charge in [-0.1, -0.05) is 18.2 Å². The Morgan fingerprint density at radius 1 is 1.38 bits per heavy atom. The van der Waals surface area contributed by atoms with Crippen LogP contribution >= 0.6 is 0 Å². The van der Waals surface area contributed by atoms with Crippen LogP contribution in [-0.2, 0) is 4.74 Å². The minimum Gasteiger partial charge on any atom is -0.383 e. The molecule has 0 spiro atoms. The normalized spacial score (nSPS) is 11.4. The van der Waals surface area contributed by atoms with E-state index >= 15 is 0 Å². The van der Waals surface area contributed by atoms with Gasteiger partial charge < -0.3 is 4.74 Å². The van der Waals surface area contributed by atoms with Crippen molar-refractivity contribution in [2.45, 2.75) is 6.04 Å². The van der Waals surface area contributed by atoms with Crippen molar-refractivity contribution in [3.63, 3.8) is 0 Å². The van der Waals surface area contributed by atoms with Crippen molar-refractivity contribution in [1.82, 2.24) is 5.32 Å². The topological polar surface area (TPSA) is 68.8 Å². The summed E-state index contributed by atoms with van der Waals surface area (Å²) in [6.45, 7) is 1.11. The number of benzene rings is 1. The third-order valence-electron chi connectivity index (χ3n) is 2.18. The van der Waals surface area contributed by atoms with Crippen LogP contribution < -0.4 is 5.32 Å². The van der Waals surface area contributed by atoms with E-state index in [1.807, 2.05) is 6.07 Å². The van der Waals surface area contributed by atoms with Crippen LogP contribution in [0.5, 0.6) is 0 Å². The fourth-order valence-electron chi connectivity index (χ4n) is 1.38. The lowest BCUT2D eigenvalue weighted by Crippen LogP contribution is -2.24. The Labute approximate surface area is 95.1 Å². The zero-order valence-electron chi connectivity index (χ0n) is 9.10. The first-order valence-corrected chi connectivity index (χ1v) is 4.94. The average Bonchev–Trinajstić information content (AvgIpc) is 2.35. The van der Waals surface area contributed by atoms with Gasteiger partial charge in [0.15, 0.2) is 0 Å². The van der Waals surface area contributed by atoms with E-state index < -0.39 is 6.04 Å². The Balaban J connectivity index is 2.80. The largest absolute Gasteiger partial charge is 0.383 e. The standard InChI is InChI=1S/C12H13N3O/c1-16-7-6-15-12(9-14)11-5-3-2-4-10(11)8-13/h2-5,12,15H,6-7H2,1H3. The van der Waals surface area contributed by atoms with E-state index in [0.717, 1.165) is 0 Å². The highest BCUT2D eigenvalue weighted by Crippen LogP contribution is 2.16. The number of hydrogen-bond donors (Lipinski definition) is 1. The molecule has 1 atom stereocenters. The van der Waals surface area contributed by atoms with Crippen molar-refractivity contribution in [1.29, 1.82) is 10.5 Å². The zero-order valence-corrected chi connectivity index (χ0v) is 9.10. The number of hydrogen-bond acceptors (Lipinski definition) is 4. The molecule has 1 rings (SSSR count). The number of nitriles is 2. The van der Waals surface area contributed by atoms with Crippen molar-refractivity contribution in [2.24, 2.45) is 0 Å². The van der Waals surface area contributed by atoms with E-state index in [4.69, 9.17) is 15.3 Å². The predicted octanol–water partition coefficient (Wildman–Crippen LogP) is 1.36. The molecule has 82 valence electrons. The molecule has 0 saturated carbocycles. The maximum absolute atomic E-state index is 9.04. The molecule has 0 radical (unpaired) electrons. The Morgan fingerprint density at radius 2 is 2.12 bits per heavy atom. The highest BCUT2D eigenvalue weighted by atomic mass is 16.5. The highest BCUT2D eigenvalue weighted by molar-refractivity contribution is 5.41. The number of methoxy groups -OCH3 is 1. The van der Waals surface area contributed by atoms with Crippen LogP contribution in [0, 0.1) is 22.7 Å². The van der Waals surface area contributed by atoms with Crippen LogP contribution in [-0.4, -0.2) is 20.3 Å². The van der Waals surface area contributed by atoms with E-state index in [1.54, 1.807) is 25.3 Å². The van der Waals surface area contributed by atoms with Crippen LogP contribution in [0.2, 0.25) is 0 Å². The van der Waals surface area contributed by atoms with Gasteiger partial charge in [-0.25, -0.2) is 0 Å². The van der Waals surface area contributed by atoms with Crippen LogP contribution in [0.15, 0.2) is 24.3 Å². The number of rotatable bonds is 5. The third kappa shape index (κ3) is 3.06. The molecule has 4 heteroatoms. The van der Waals surface area contributed by atoms with Gasteiger partial charge in [-0.2, -0.15) is 10.5 Å². The Hall–Kier alpha value is -1.88. The first-order chi connectivity index (χ1) is 7.83. The number of nitrogens with one attached hydrogen (secondary N) is 1. The summed E-state index contributed by atoms with van der Waals surface area (Å²) >= 11 is 0. The molecule has 0 fully saturated rings. The molecule has 0 heterocycles. The maximum Gasteiger partial charge on any atom is 0.122 e. The van der Waals surface area contributed by atoms with Gasteiger partial charge in [-0.05, 0) is 6.07 Å². The second-order valence-electron chi connectivity index (χ2n) is 3.21. The smallest absolute Gasteiger partial charge is 0.122 e. The maximum atomic E-state index is 9.04. The first-order valence-electron chi connectivity index (χ1n) is 4.94. The zero-order chi connectivity index (χ0) is 11.8. The Kier molecular flexibility index (Phi) is 5.01. The third-order valence-corrected chi connectivity index (χ3v) is 2.18. The van der Waals surface area contributed by atoms with Crippen LogP contribution in [0.4, 0.5) is 0 Å². The van der Waals surface area contributed by atoms with Crippen LogP contribution in [0.25, 0.3) is 0 Å². The minimum absolute atomic E-state index is 0.467. The Morgan fingerprint density at radius 3 is 2.75 bits per heavy atom. The lowest BCUT2D eigenvalue weighted by atomic mass is 10.0. The highest BCUT2D eigenvalue weighted by Gasteiger charge is 2.12. The SMILES string of the molecule is COCCNC(C#N)c1ccccc1C#N. The molecule has 1 aromatic rings. The summed E-state index contributed by atoms with van der Waals surface area (Å²) in [4.78, 5) is 0. The van der Waals surface area contributed by atoms with Gasteiger partial charge in [-0.3, -0.25) is 5.32 Å². The van der Waals surface area contributed by atoms with Crippen molar-refractivity contribution in [2.75, 3.05) is 20.3 Å². The summed E-state index contributed by atoms with van der Waals surface area (Å²) in [6.07, 6.45) is 0. The van der Waals surface area contributed by atoms with Gasteiger partial charge in [0.25, 0.3) is 0 Å². The quantitative estimate of drug-likeness (QED) is 0.753. The molecule has 4 nitrogen and oxygen atoms in total. The van der Waals surface area contributed by atoms with Gasteiger partial charge in [0.1, 0.15) is 6.04 Å². The summed E-state index contributed by atoms with van der Waals surface area (Å²) < 4.78 is 4.89. The lowest BCUT2D eigenvalue weighted by Gasteiger charge is -2.12. The van der Waals surface area contributed by atoms with Crippen molar-refractivity contribution >= 4 is 0 Å². The molecule has 1 N–H and O–H groups in total. The molecule has 0 aliphatic carbocycles. The van der Waals surface area contributed by atoms with E-state index in [-0.39, 0.29) is 0 Å². The fraction of sp³-hybridized carbons (Fsp3) is 0.333. The molecular weight excluding hydrogens is 202 g/mol. The second kappa shape index (κ2) is 6.58. The van der Waals surface area contributed by atoms with E-state index in [2.05, 4.69) is 17.5 Å². The molecule has 0 aromatic heterocycles. The van der Waals surface area contributed by atoms with E-state index in [9.17, 15) is 0 Å². The number of ether oxygens (including phenoxy) is 1. The molecule has 1 unspecified atom stereocenters. The molecule has 0 aliphatic heterocycles. The predicted molar refractivity (Wildman–Crippen MR) is 59.4 cm³/mol. The fourth-order valence-corrected chi connectivity index (χ4v) is 1.38. The van der Waals surface area contributed by atoms with Crippen LogP contribution in [0.1, 0.15) is 17.2 Å².